The van der Waals surface area contributed by atoms with Gasteiger partial charge in [-0.25, -0.2) is 4.79 Å². The molecule has 6 nitrogen and oxygen atoms in total. The van der Waals surface area contributed by atoms with Gasteiger partial charge in [0, 0.05) is 41.5 Å². The summed E-state index contributed by atoms with van der Waals surface area (Å²) in [6.07, 6.45) is 5.81. The van der Waals surface area contributed by atoms with Crippen LogP contribution in [-0.2, 0) is 6.54 Å². The molecule has 0 saturated carbocycles. The fraction of sp³-hybridized carbons (Fsp3) is 0.0476. The molecule has 1 aliphatic heterocycles. The molecule has 0 fully saturated rings. The first-order valence-corrected chi connectivity index (χ1v) is 8.57. The molecular formula is C21H19N5O. The number of benzene rings is 2. The number of rotatable bonds is 4. The predicted molar refractivity (Wildman–Crippen MR) is 110 cm³/mol. The first kappa shape index (κ1) is 16.8. The number of carbonyl (C=O) groups excluding carboxylic acids is 1. The fourth-order valence-electron chi connectivity index (χ4n) is 3.13. The molecule has 0 radical (unpaired) electrons. The number of fused-ring (bicyclic) bond motifs is 1. The van der Waals surface area contributed by atoms with E-state index in [1.807, 2.05) is 42.8 Å². The lowest BCUT2D eigenvalue weighted by atomic mass is 10.0. The summed E-state index contributed by atoms with van der Waals surface area (Å²) in [7, 11) is 0. The van der Waals surface area contributed by atoms with E-state index in [-0.39, 0.29) is 0 Å². The van der Waals surface area contributed by atoms with Gasteiger partial charge in [0.2, 0.25) is 0 Å². The Balaban J connectivity index is 1.64. The number of primary amides is 1. The molecule has 6 heteroatoms. The summed E-state index contributed by atoms with van der Waals surface area (Å²) in [4.78, 5) is 18.8. The Bertz CT molecular complexity index is 1080. The SMILES string of the molecule is NCc1cccc(-c2c[nH]c(C=C3C=Nc4ccc(NC(N)=O)cc43)c2)c1. The quantitative estimate of drug-likeness (QED) is 0.568. The number of allylic oxidation sites excluding steroid dienone is 1. The average molecular weight is 357 g/mol. The average Bonchev–Trinajstić information content (AvgIpc) is 3.29. The van der Waals surface area contributed by atoms with Crippen molar-refractivity contribution < 1.29 is 4.79 Å². The van der Waals surface area contributed by atoms with Gasteiger partial charge in [-0.2, -0.15) is 0 Å². The number of nitrogens with two attached hydrogens (primary N) is 2. The summed E-state index contributed by atoms with van der Waals surface area (Å²) in [5, 5.41) is 2.59. The molecule has 2 aromatic carbocycles. The third-order valence-electron chi connectivity index (χ3n) is 4.43. The van der Waals surface area contributed by atoms with Crippen molar-refractivity contribution in [2.24, 2.45) is 16.5 Å². The monoisotopic (exact) mass is 357 g/mol. The highest BCUT2D eigenvalue weighted by Gasteiger charge is 2.14. The summed E-state index contributed by atoms with van der Waals surface area (Å²) < 4.78 is 0. The van der Waals surface area contributed by atoms with Crippen molar-refractivity contribution in [3.05, 3.63) is 71.5 Å². The number of urea groups is 1. The molecule has 0 saturated heterocycles. The molecule has 4 rings (SSSR count). The maximum absolute atomic E-state index is 11.1. The number of carbonyl (C=O) groups is 1. The van der Waals surface area contributed by atoms with Crippen LogP contribution in [0, 0.1) is 0 Å². The fourth-order valence-corrected chi connectivity index (χ4v) is 3.13. The van der Waals surface area contributed by atoms with E-state index >= 15 is 0 Å². The predicted octanol–water partition coefficient (Wildman–Crippen LogP) is 3.89. The standard InChI is InChI=1S/C21H19N5O/c22-10-13-2-1-3-14(6-13)15-7-18(24-11-15)8-16-12-25-20-5-4-17(9-19(16)20)26-21(23)27/h1-9,11-12,24H,10,22H2,(H3,23,26,27). The number of hydrogen-bond donors (Lipinski definition) is 4. The molecule has 0 spiro atoms. The summed E-state index contributed by atoms with van der Waals surface area (Å²) in [5.41, 5.74) is 18.6. The highest BCUT2D eigenvalue weighted by molar-refractivity contribution is 6.21. The van der Waals surface area contributed by atoms with Gasteiger partial charge >= 0.3 is 6.03 Å². The molecule has 0 unspecified atom stereocenters. The van der Waals surface area contributed by atoms with Crippen LogP contribution in [-0.4, -0.2) is 17.2 Å². The second-order valence-electron chi connectivity index (χ2n) is 6.33. The van der Waals surface area contributed by atoms with Gasteiger partial charge in [-0.15, -0.1) is 0 Å². The molecule has 2 heterocycles. The van der Waals surface area contributed by atoms with Crippen molar-refractivity contribution in [1.82, 2.24) is 4.98 Å². The van der Waals surface area contributed by atoms with E-state index in [2.05, 4.69) is 33.5 Å². The maximum atomic E-state index is 11.1. The van der Waals surface area contributed by atoms with Crippen LogP contribution in [0.5, 0.6) is 0 Å². The van der Waals surface area contributed by atoms with Crippen LogP contribution in [0.4, 0.5) is 16.2 Å². The number of aliphatic imine (C=N–C) groups is 1. The second kappa shape index (κ2) is 6.93. The van der Waals surface area contributed by atoms with E-state index in [4.69, 9.17) is 11.5 Å². The Hall–Kier alpha value is -3.64. The van der Waals surface area contributed by atoms with Crippen molar-refractivity contribution in [2.45, 2.75) is 6.54 Å². The molecule has 0 bridgehead atoms. The number of hydrogen-bond acceptors (Lipinski definition) is 3. The number of amides is 2. The summed E-state index contributed by atoms with van der Waals surface area (Å²) in [5.74, 6) is 0. The zero-order valence-electron chi connectivity index (χ0n) is 14.6. The van der Waals surface area contributed by atoms with Crippen LogP contribution in [0.3, 0.4) is 0 Å². The number of nitrogens with one attached hydrogen (secondary N) is 2. The van der Waals surface area contributed by atoms with Crippen molar-refractivity contribution in [2.75, 3.05) is 5.32 Å². The van der Waals surface area contributed by atoms with E-state index in [0.717, 1.165) is 39.2 Å². The van der Waals surface area contributed by atoms with Crippen molar-refractivity contribution in [3.8, 4) is 11.1 Å². The molecule has 6 N–H and O–H groups in total. The Morgan fingerprint density at radius 3 is 2.85 bits per heavy atom. The van der Waals surface area contributed by atoms with Gasteiger partial charge in [-0.05, 0) is 53.1 Å². The Labute approximate surface area is 156 Å². The Morgan fingerprint density at radius 2 is 2.04 bits per heavy atom. The Morgan fingerprint density at radius 1 is 1.15 bits per heavy atom. The van der Waals surface area contributed by atoms with E-state index in [1.165, 1.54) is 0 Å². The van der Waals surface area contributed by atoms with Crippen LogP contribution in [0.25, 0.3) is 22.8 Å². The minimum atomic E-state index is -0.590. The van der Waals surface area contributed by atoms with Gasteiger partial charge in [-0.1, -0.05) is 18.2 Å². The summed E-state index contributed by atoms with van der Waals surface area (Å²) in [6, 6.07) is 15.2. The summed E-state index contributed by atoms with van der Waals surface area (Å²) >= 11 is 0. The number of H-pyrrole nitrogens is 1. The van der Waals surface area contributed by atoms with Crippen LogP contribution < -0.4 is 16.8 Å². The molecule has 1 aromatic heterocycles. The first-order chi connectivity index (χ1) is 13.1. The number of aromatic amines is 1. The lowest BCUT2D eigenvalue weighted by molar-refractivity contribution is 0.259. The van der Waals surface area contributed by atoms with Crippen molar-refractivity contribution in [3.63, 3.8) is 0 Å². The third-order valence-corrected chi connectivity index (χ3v) is 4.43. The molecule has 0 aliphatic carbocycles. The molecule has 3 aromatic rings. The van der Waals surface area contributed by atoms with Crippen molar-refractivity contribution >= 4 is 35.3 Å². The topological polar surface area (TPSA) is 109 Å². The normalized spacial score (nSPS) is 13.7. The summed E-state index contributed by atoms with van der Waals surface area (Å²) in [6.45, 7) is 0.518. The Kier molecular flexibility index (Phi) is 4.32. The van der Waals surface area contributed by atoms with Gasteiger partial charge in [0.15, 0.2) is 0 Å². The van der Waals surface area contributed by atoms with E-state index in [0.29, 0.717) is 12.2 Å². The highest BCUT2D eigenvalue weighted by Crippen LogP contribution is 2.35. The zero-order chi connectivity index (χ0) is 18.8. The lowest BCUT2D eigenvalue weighted by Gasteiger charge is -2.05. The van der Waals surface area contributed by atoms with E-state index in [1.54, 1.807) is 6.07 Å². The largest absolute Gasteiger partial charge is 0.361 e. The lowest BCUT2D eigenvalue weighted by Crippen LogP contribution is -2.19. The van der Waals surface area contributed by atoms with Crippen molar-refractivity contribution in [1.29, 1.82) is 0 Å². The minimum absolute atomic E-state index is 0.518. The van der Waals surface area contributed by atoms with Gasteiger partial charge in [0.05, 0.1) is 5.69 Å². The number of aromatic nitrogens is 1. The zero-order valence-corrected chi connectivity index (χ0v) is 14.6. The number of nitrogens with zero attached hydrogens (tertiary/aromatic N) is 1. The van der Waals surface area contributed by atoms with Crippen LogP contribution in [0.2, 0.25) is 0 Å². The highest BCUT2D eigenvalue weighted by atomic mass is 16.2. The second-order valence-corrected chi connectivity index (χ2v) is 6.33. The van der Waals surface area contributed by atoms with Gasteiger partial charge < -0.3 is 21.8 Å². The molecule has 2 amide bonds. The molecular weight excluding hydrogens is 338 g/mol. The maximum Gasteiger partial charge on any atom is 0.316 e. The van der Waals surface area contributed by atoms with Gasteiger partial charge in [0.25, 0.3) is 0 Å². The molecule has 27 heavy (non-hydrogen) atoms. The molecule has 0 atom stereocenters. The minimum Gasteiger partial charge on any atom is -0.361 e. The van der Waals surface area contributed by atoms with E-state index < -0.39 is 6.03 Å². The number of anilines is 1. The third kappa shape index (κ3) is 3.51. The molecule has 1 aliphatic rings. The smallest absolute Gasteiger partial charge is 0.316 e. The molecule has 134 valence electrons. The van der Waals surface area contributed by atoms with Gasteiger partial charge in [0.1, 0.15) is 0 Å². The van der Waals surface area contributed by atoms with Crippen LogP contribution in [0.1, 0.15) is 16.8 Å². The van der Waals surface area contributed by atoms with E-state index in [9.17, 15) is 4.79 Å². The first-order valence-electron chi connectivity index (χ1n) is 8.57. The van der Waals surface area contributed by atoms with Gasteiger partial charge in [-0.3, -0.25) is 4.99 Å². The van der Waals surface area contributed by atoms with Crippen LogP contribution in [0.15, 0.2) is 59.7 Å². The van der Waals surface area contributed by atoms with Crippen LogP contribution >= 0.6 is 0 Å².